The molecule has 8 nitrogen and oxygen atoms in total. The molecule has 0 fully saturated rings. The number of sulfonamides is 1. The number of anilines is 1. The minimum Gasteiger partial charge on any atom is -0.319 e. The molecule has 0 aliphatic heterocycles. The molecule has 9 heteroatoms. The maximum absolute atomic E-state index is 11.9. The molecule has 0 radical (unpaired) electrons. The standard InChI is InChI=1S/C11H13N5O3S/c1-2-9-14-10(16-15-9)11(17)13-7-4-3-5-8(6-7)20(12,18)19/h3-6H,2H2,1H3,(H,13,17)(H2,12,18,19)(H,14,15,16). The molecule has 0 unspecified atom stereocenters. The van der Waals surface area contributed by atoms with Gasteiger partial charge in [-0.1, -0.05) is 13.0 Å². The smallest absolute Gasteiger partial charge is 0.295 e. The molecule has 0 aliphatic carbocycles. The summed E-state index contributed by atoms with van der Waals surface area (Å²) < 4.78 is 22.4. The Morgan fingerprint density at radius 2 is 2.20 bits per heavy atom. The molecule has 0 bridgehead atoms. The molecule has 2 aromatic rings. The minimum atomic E-state index is -3.81. The molecule has 0 spiro atoms. The van der Waals surface area contributed by atoms with Crippen LogP contribution in [0.3, 0.4) is 0 Å². The van der Waals surface area contributed by atoms with Crippen molar-refractivity contribution in [3.8, 4) is 0 Å². The van der Waals surface area contributed by atoms with Crippen LogP contribution in [0.1, 0.15) is 23.4 Å². The van der Waals surface area contributed by atoms with Gasteiger partial charge >= 0.3 is 0 Å². The van der Waals surface area contributed by atoms with Crippen LogP contribution < -0.4 is 10.5 Å². The maximum atomic E-state index is 11.9. The number of carbonyl (C=O) groups is 1. The van der Waals surface area contributed by atoms with Gasteiger partial charge in [-0.3, -0.25) is 9.89 Å². The number of nitrogens with one attached hydrogen (secondary N) is 2. The molecule has 20 heavy (non-hydrogen) atoms. The van der Waals surface area contributed by atoms with Crippen LogP contribution >= 0.6 is 0 Å². The van der Waals surface area contributed by atoms with Crippen LogP contribution in [0, 0.1) is 0 Å². The highest BCUT2D eigenvalue weighted by atomic mass is 32.2. The molecule has 0 atom stereocenters. The molecule has 1 aromatic carbocycles. The predicted molar refractivity (Wildman–Crippen MR) is 71.5 cm³/mol. The first kappa shape index (κ1) is 14.2. The number of H-pyrrole nitrogens is 1. The third-order valence-electron chi connectivity index (χ3n) is 2.49. The molecule has 0 aliphatic rings. The molecule has 4 N–H and O–H groups in total. The first-order valence-electron chi connectivity index (χ1n) is 5.75. The van der Waals surface area contributed by atoms with Crippen molar-refractivity contribution in [2.45, 2.75) is 18.2 Å². The number of carbonyl (C=O) groups excluding carboxylic acids is 1. The van der Waals surface area contributed by atoms with Crippen molar-refractivity contribution in [3.63, 3.8) is 0 Å². The molecule has 2 rings (SSSR count). The number of aryl methyl sites for hydroxylation is 1. The third-order valence-corrected chi connectivity index (χ3v) is 3.40. The van der Waals surface area contributed by atoms with Crippen molar-refractivity contribution in [2.75, 3.05) is 5.32 Å². The predicted octanol–water partition coefficient (Wildman–Crippen LogP) is 0.267. The molecule has 1 amide bonds. The van der Waals surface area contributed by atoms with Gasteiger partial charge in [0.15, 0.2) is 0 Å². The summed E-state index contributed by atoms with van der Waals surface area (Å²) in [7, 11) is -3.81. The van der Waals surface area contributed by atoms with Crippen molar-refractivity contribution in [1.82, 2.24) is 15.2 Å². The number of nitrogens with zero attached hydrogens (tertiary/aromatic N) is 2. The average molecular weight is 295 g/mol. The van der Waals surface area contributed by atoms with Gasteiger partial charge < -0.3 is 5.32 Å². The second-order valence-corrected chi connectivity index (χ2v) is 5.55. The second-order valence-electron chi connectivity index (χ2n) is 3.99. The van der Waals surface area contributed by atoms with Crippen LogP contribution in [-0.4, -0.2) is 29.5 Å². The molecule has 1 aromatic heterocycles. The van der Waals surface area contributed by atoms with E-state index in [-0.39, 0.29) is 10.7 Å². The highest BCUT2D eigenvalue weighted by Gasteiger charge is 2.14. The summed E-state index contributed by atoms with van der Waals surface area (Å²) in [6.07, 6.45) is 0.626. The van der Waals surface area contributed by atoms with Gasteiger partial charge in [0.05, 0.1) is 4.90 Å². The van der Waals surface area contributed by atoms with Crippen LogP contribution in [-0.2, 0) is 16.4 Å². The molecule has 106 valence electrons. The van der Waals surface area contributed by atoms with E-state index in [1.807, 2.05) is 6.92 Å². The number of nitrogens with two attached hydrogens (primary N) is 1. The topological polar surface area (TPSA) is 131 Å². The van der Waals surface area contributed by atoms with E-state index in [4.69, 9.17) is 5.14 Å². The number of amides is 1. The highest BCUT2D eigenvalue weighted by molar-refractivity contribution is 7.89. The summed E-state index contributed by atoms with van der Waals surface area (Å²) in [5, 5.41) is 13.9. The van der Waals surface area contributed by atoms with Gasteiger partial charge in [-0.15, -0.1) is 5.10 Å². The number of rotatable bonds is 4. The lowest BCUT2D eigenvalue weighted by atomic mass is 10.3. The maximum Gasteiger partial charge on any atom is 0.295 e. The fraction of sp³-hybridized carbons (Fsp3) is 0.182. The monoisotopic (exact) mass is 295 g/mol. The third kappa shape index (κ3) is 3.19. The summed E-state index contributed by atoms with van der Waals surface area (Å²) in [4.78, 5) is 15.8. The van der Waals surface area contributed by atoms with E-state index in [1.165, 1.54) is 18.2 Å². The van der Waals surface area contributed by atoms with Gasteiger partial charge in [-0.05, 0) is 18.2 Å². The Bertz CT molecular complexity index is 738. The number of hydrogen-bond donors (Lipinski definition) is 3. The molecule has 1 heterocycles. The van der Waals surface area contributed by atoms with E-state index in [0.29, 0.717) is 17.9 Å². The fourth-order valence-electron chi connectivity index (χ4n) is 1.49. The number of primary sulfonamides is 1. The molecular formula is C11H13N5O3S. The summed E-state index contributed by atoms with van der Waals surface area (Å²) in [6, 6.07) is 5.62. The average Bonchev–Trinajstić information content (AvgIpc) is 2.87. The van der Waals surface area contributed by atoms with Crippen molar-refractivity contribution in [3.05, 3.63) is 35.9 Å². The molecular weight excluding hydrogens is 282 g/mol. The zero-order valence-electron chi connectivity index (χ0n) is 10.6. The second kappa shape index (κ2) is 5.39. The number of aromatic nitrogens is 3. The van der Waals surface area contributed by atoms with E-state index < -0.39 is 15.9 Å². The first-order valence-corrected chi connectivity index (χ1v) is 7.30. The Balaban J connectivity index is 2.20. The van der Waals surface area contributed by atoms with Gasteiger partial charge in [0.1, 0.15) is 5.82 Å². The SMILES string of the molecule is CCc1nc(C(=O)Nc2cccc(S(N)(=O)=O)c2)n[nH]1. The van der Waals surface area contributed by atoms with Gasteiger partial charge in [-0.25, -0.2) is 18.5 Å². The Morgan fingerprint density at radius 1 is 1.45 bits per heavy atom. The van der Waals surface area contributed by atoms with Gasteiger partial charge in [-0.2, -0.15) is 0 Å². The molecule has 0 saturated carbocycles. The first-order chi connectivity index (χ1) is 9.40. The minimum absolute atomic E-state index is 0.0112. The summed E-state index contributed by atoms with van der Waals surface area (Å²) in [5.41, 5.74) is 0.296. The highest BCUT2D eigenvalue weighted by Crippen LogP contribution is 2.14. The van der Waals surface area contributed by atoms with Crippen LogP contribution in [0.15, 0.2) is 29.2 Å². The summed E-state index contributed by atoms with van der Waals surface area (Å²) in [6.45, 7) is 1.87. The zero-order valence-corrected chi connectivity index (χ0v) is 11.4. The van der Waals surface area contributed by atoms with Gasteiger partial charge in [0.2, 0.25) is 15.8 Å². The van der Waals surface area contributed by atoms with Crippen molar-refractivity contribution in [1.29, 1.82) is 0 Å². The van der Waals surface area contributed by atoms with E-state index in [2.05, 4.69) is 20.5 Å². The van der Waals surface area contributed by atoms with E-state index in [9.17, 15) is 13.2 Å². The lowest BCUT2D eigenvalue weighted by molar-refractivity contribution is 0.101. The number of aromatic amines is 1. The van der Waals surface area contributed by atoms with E-state index in [1.54, 1.807) is 6.07 Å². The summed E-state index contributed by atoms with van der Waals surface area (Å²) in [5.74, 6) is 0.0452. The van der Waals surface area contributed by atoms with Crippen LogP contribution in [0.4, 0.5) is 5.69 Å². The van der Waals surface area contributed by atoms with Crippen molar-refractivity contribution >= 4 is 21.6 Å². The van der Waals surface area contributed by atoms with Crippen LogP contribution in [0.5, 0.6) is 0 Å². The quantitative estimate of drug-likeness (QED) is 0.745. The van der Waals surface area contributed by atoms with E-state index in [0.717, 1.165) is 0 Å². The van der Waals surface area contributed by atoms with Crippen molar-refractivity contribution in [2.24, 2.45) is 5.14 Å². The Hall–Kier alpha value is -2.26. The fourth-order valence-corrected chi connectivity index (χ4v) is 2.05. The largest absolute Gasteiger partial charge is 0.319 e. The Labute approximate surface area is 115 Å². The zero-order chi connectivity index (χ0) is 14.8. The van der Waals surface area contributed by atoms with Gasteiger partial charge in [0, 0.05) is 12.1 Å². The number of hydrogen-bond acceptors (Lipinski definition) is 5. The molecule has 0 saturated heterocycles. The van der Waals surface area contributed by atoms with Gasteiger partial charge in [0.25, 0.3) is 5.91 Å². The lowest BCUT2D eigenvalue weighted by Crippen LogP contribution is -2.15. The van der Waals surface area contributed by atoms with Crippen molar-refractivity contribution < 1.29 is 13.2 Å². The van der Waals surface area contributed by atoms with Crippen LogP contribution in [0.2, 0.25) is 0 Å². The summed E-state index contributed by atoms with van der Waals surface area (Å²) >= 11 is 0. The Morgan fingerprint density at radius 3 is 2.80 bits per heavy atom. The Kier molecular flexibility index (Phi) is 3.81. The number of benzene rings is 1. The van der Waals surface area contributed by atoms with E-state index >= 15 is 0 Å². The normalized spacial score (nSPS) is 11.3. The lowest BCUT2D eigenvalue weighted by Gasteiger charge is -2.04. The van der Waals surface area contributed by atoms with Crippen LogP contribution in [0.25, 0.3) is 0 Å².